The Morgan fingerprint density at radius 3 is 3.14 bits per heavy atom. The average Bonchev–Trinajstić information content (AvgIpc) is 2.99. The first kappa shape index (κ1) is 15.0. The normalized spacial score (nSPS) is 18.4. The van der Waals surface area contributed by atoms with Crippen molar-refractivity contribution in [3.8, 4) is 0 Å². The van der Waals surface area contributed by atoms with Gasteiger partial charge in [-0.15, -0.1) is 11.3 Å². The summed E-state index contributed by atoms with van der Waals surface area (Å²) >= 11 is 1.47. The largest absolute Gasteiger partial charge is 0.452 e. The van der Waals surface area contributed by atoms with Gasteiger partial charge >= 0.3 is 5.97 Å². The molecule has 6 heteroatoms. The summed E-state index contributed by atoms with van der Waals surface area (Å²) in [7, 11) is 0. The Morgan fingerprint density at radius 1 is 1.45 bits per heavy atom. The standard InChI is InChI=1S/C16H18N2O3S/c1-11-3-2-6-18(8-11)15(19)9-21-16(20)12-4-5-13-14(7-12)22-10-17-13/h4-5,7,10-11H,2-3,6,8-9H2,1H3/t11-/m1/s1. The number of rotatable bonds is 3. The second kappa shape index (κ2) is 6.44. The number of thiazole rings is 1. The van der Waals surface area contributed by atoms with Crippen LogP contribution in [-0.2, 0) is 9.53 Å². The Kier molecular flexibility index (Phi) is 4.38. The van der Waals surface area contributed by atoms with Gasteiger partial charge < -0.3 is 9.64 Å². The van der Waals surface area contributed by atoms with E-state index in [0.29, 0.717) is 11.5 Å². The van der Waals surface area contributed by atoms with Gasteiger partial charge in [-0.25, -0.2) is 9.78 Å². The predicted octanol–water partition coefficient (Wildman–Crippen LogP) is 2.71. The Hall–Kier alpha value is -1.95. The molecule has 1 aliphatic heterocycles. The van der Waals surface area contributed by atoms with Gasteiger partial charge in [0.25, 0.3) is 5.91 Å². The second-order valence-electron chi connectivity index (χ2n) is 5.70. The molecule has 0 radical (unpaired) electrons. The fraction of sp³-hybridized carbons (Fsp3) is 0.438. The molecule has 22 heavy (non-hydrogen) atoms. The van der Waals surface area contributed by atoms with Gasteiger partial charge in [0.1, 0.15) is 0 Å². The number of carbonyl (C=O) groups is 2. The van der Waals surface area contributed by atoms with Crippen LogP contribution in [0.1, 0.15) is 30.1 Å². The van der Waals surface area contributed by atoms with E-state index < -0.39 is 5.97 Å². The van der Waals surface area contributed by atoms with E-state index >= 15 is 0 Å². The number of carbonyl (C=O) groups excluding carboxylic acids is 2. The number of nitrogens with zero attached hydrogens (tertiary/aromatic N) is 2. The molecule has 0 N–H and O–H groups in total. The molecular formula is C16H18N2O3S. The maximum Gasteiger partial charge on any atom is 0.338 e. The van der Waals surface area contributed by atoms with Gasteiger partial charge in [0.15, 0.2) is 6.61 Å². The predicted molar refractivity (Wildman–Crippen MR) is 84.9 cm³/mol. The lowest BCUT2D eigenvalue weighted by Crippen LogP contribution is -2.41. The minimum absolute atomic E-state index is 0.112. The average molecular weight is 318 g/mol. The summed E-state index contributed by atoms with van der Waals surface area (Å²) in [4.78, 5) is 30.1. The number of amides is 1. The Labute approximate surface area is 132 Å². The number of piperidine rings is 1. The molecule has 5 nitrogen and oxygen atoms in total. The van der Waals surface area contributed by atoms with Crippen LogP contribution in [0.5, 0.6) is 0 Å². The van der Waals surface area contributed by atoms with E-state index in [-0.39, 0.29) is 12.5 Å². The molecule has 3 rings (SSSR count). The molecule has 1 aliphatic rings. The van der Waals surface area contributed by atoms with Crippen molar-refractivity contribution in [2.75, 3.05) is 19.7 Å². The summed E-state index contributed by atoms with van der Waals surface area (Å²) < 4.78 is 6.09. The van der Waals surface area contributed by atoms with Gasteiger partial charge in [0.05, 0.1) is 21.3 Å². The van der Waals surface area contributed by atoms with Crippen LogP contribution >= 0.6 is 11.3 Å². The third-order valence-corrected chi connectivity index (χ3v) is 4.70. The van der Waals surface area contributed by atoms with Crippen molar-refractivity contribution in [1.82, 2.24) is 9.88 Å². The van der Waals surface area contributed by atoms with E-state index in [0.717, 1.165) is 36.1 Å². The number of ether oxygens (including phenoxy) is 1. The molecule has 2 aromatic rings. The van der Waals surface area contributed by atoms with E-state index in [2.05, 4.69) is 11.9 Å². The number of fused-ring (bicyclic) bond motifs is 1. The highest BCUT2D eigenvalue weighted by Crippen LogP contribution is 2.20. The zero-order valence-corrected chi connectivity index (χ0v) is 13.3. The molecule has 0 unspecified atom stereocenters. The quantitative estimate of drug-likeness (QED) is 0.817. The first-order valence-corrected chi connectivity index (χ1v) is 8.29. The number of hydrogen-bond acceptors (Lipinski definition) is 5. The maximum absolute atomic E-state index is 12.1. The van der Waals surface area contributed by atoms with Crippen molar-refractivity contribution in [2.45, 2.75) is 19.8 Å². The summed E-state index contributed by atoms with van der Waals surface area (Å²) in [5.41, 5.74) is 3.05. The number of hydrogen-bond donors (Lipinski definition) is 0. The highest BCUT2D eigenvalue weighted by molar-refractivity contribution is 7.16. The van der Waals surface area contributed by atoms with Gasteiger partial charge in [-0.1, -0.05) is 6.92 Å². The van der Waals surface area contributed by atoms with Crippen LogP contribution in [0.2, 0.25) is 0 Å². The molecule has 0 bridgehead atoms. The van der Waals surface area contributed by atoms with Gasteiger partial charge in [0, 0.05) is 13.1 Å². The number of aromatic nitrogens is 1. The van der Waals surface area contributed by atoms with Crippen LogP contribution in [0.15, 0.2) is 23.7 Å². The lowest BCUT2D eigenvalue weighted by molar-refractivity contribution is -0.136. The summed E-state index contributed by atoms with van der Waals surface area (Å²) in [5.74, 6) is -0.0605. The molecule has 1 saturated heterocycles. The number of likely N-dealkylation sites (tertiary alicyclic amines) is 1. The molecule has 1 fully saturated rings. The van der Waals surface area contributed by atoms with Crippen molar-refractivity contribution >= 4 is 33.4 Å². The van der Waals surface area contributed by atoms with Crippen molar-refractivity contribution in [3.05, 3.63) is 29.3 Å². The first-order valence-electron chi connectivity index (χ1n) is 7.41. The highest BCUT2D eigenvalue weighted by Gasteiger charge is 2.22. The smallest absolute Gasteiger partial charge is 0.338 e. The van der Waals surface area contributed by atoms with E-state index in [1.165, 1.54) is 11.3 Å². The number of esters is 1. The zero-order chi connectivity index (χ0) is 15.5. The summed E-state index contributed by atoms with van der Waals surface area (Å²) in [5, 5.41) is 0. The Morgan fingerprint density at radius 2 is 2.32 bits per heavy atom. The van der Waals surface area contributed by atoms with Gasteiger partial charge in [-0.2, -0.15) is 0 Å². The third kappa shape index (κ3) is 3.27. The fourth-order valence-electron chi connectivity index (χ4n) is 2.70. The molecule has 1 amide bonds. The van der Waals surface area contributed by atoms with Gasteiger partial charge in [0.2, 0.25) is 0 Å². The molecule has 0 spiro atoms. The lowest BCUT2D eigenvalue weighted by atomic mass is 10.0. The van der Waals surface area contributed by atoms with Crippen LogP contribution in [0.25, 0.3) is 10.2 Å². The van der Waals surface area contributed by atoms with E-state index in [1.54, 1.807) is 28.6 Å². The minimum Gasteiger partial charge on any atom is -0.452 e. The van der Waals surface area contributed by atoms with Crippen LogP contribution in [0.4, 0.5) is 0 Å². The number of benzene rings is 1. The van der Waals surface area contributed by atoms with Crippen molar-refractivity contribution in [3.63, 3.8) is 0 Å². The minimum atomic E-state index is -0.464. The molecule has 0 saturated carbocycles. The SMILES string of the molecule is C[C@@H]1CCCN(C(=O)COC(=O)c2ccc3ncsc3c2)C1. The van der Waals surface area contributed by atoms with Gasteiger partial charge in [-0.05, 0) is 37.0 Å². The molecule has 1 atom stereocenters. The summed E-state index contributed by atoms with van der Waals surface area (Å²) in [6.45, 7) is 3.46. The molecular weight excluding hydrogens is 300 g/mol. The summed E-state index contributed by atoms with van der Waals surface area (Å²) in [6.07, 6.45) is 2.17. The van der Waals surface area contributed by atoms with Crippen molar-refractivity contribution < 1.29 is 14.3 Å². The molecule has 0 aliphatic carbocycles. The van der Waals surface area contributed by atoms with Crippen LogP contribution in [-0.4, -0.2) is 41.5 Å². The monoisotopic (exact) mass is 318 g/mol. The van der Waals surface area contributed by atoms with E-state index in [4.69, 9.17) is 4.74 Å². The van der Waals surface area contributed by atoms with Crippen molar-refractivity contribution in [2.24, 2.45) is 5.92 Å². The van der Waals surface area contributed by atoms with Crippen LogP contribution < -0.4 is 0 Å². The van der Waals surface area contributed by atoms with E-state index in [9.17, 15) is 9.59 Å². The topological polar surface area (TPSA) is 59.5 Å². The zero-order valence-electron chi connectivity index (χ0n) is 12.4. The van der Waals surface area contributed by atoms with Gasteiger partial charge in [-0.3, -0.25) is 4.79 Å². The Bertz CT molecular complexity index is 698. The second-order valence-corrected chi connectivity index (χ2v) is 6.58. The molecule has 1 aromatic heterocycles. The van der Waals surface area contributed by atoms with Crippen molar-refractivity contribution in [1.29, 1.82) is 0 Å². The molecule has 1 aromatic carbocycles. The van der Waals surface area contributed by atoms with E-state index in [1.807, 2.05) is 0 Å². The third-order valence-electron chi connectivity index (χ3n) is 3.90. The van der Waals surface area contributed by atoms with Crippen LogP contribution in [0.3, 0.4) is 0 Å². The summed E-state index contributed by atoms with van der Waals surface area (Å²) in [6, 6.07) is 5.22. The Balaban J connectivity index is 1.58. The van der Waals surface area contributed by atoms with Crippen LogP contribution in [0, 0.1) is 5.92 Å². The lowest BCUT2D eigenvalue weighted by Gasteiger charge is -2.30. The molecule has 116 valence electrons. The highest BCUT2D eigenvalue weighted by atomic mass is 32.1. The first-order chi connectivity index (χ1) is 10.6. The maximum atomic E-state index is 12.1. The fourth-order valence-corrected chi connectivity index (χ4v) is 3.42. The molecule has 2 heterocycles.